The summed E-state index contributed by atoms with van der Waals surface area (Å²) in [6, 6.07) is 85.8. The molecule has 0 aliphatic heterocycles. The van der Waals surface area contributed by atoms with Gasteiger partial charge in [0.1, 0.15) is 0 Å². The van der Waals surface area contributed by atoms with Crippen LogP contribution in [0.15, 0.2) is 237 Å². The van der Waals surface area contributed by atoms with Crippen molar-refractivity contribution in [2.45, 2.75) is 0 Å². The average molecular weight is 778 g/mol. The van der Waals surface area contributed by atoms with E-state index in [1.165, 1.54) is 82.3 Å². The van der Waals surface area contributed by atoms with Gasteiger partial charge in [-0.15, -0.1) is 0 Å². The average Bonchev–Trinajstić information content (AvgIpc) is 3.85. The summed E-state index contributed by atoms with van der Waals surface area (Å²) in [6.07, 6.45) is 0. The second-order valence-electron chi connectivity index (χ2n) is 15.8. The molecule has 3 nitrogen and oxygen atoms in total. The van der Waals surface area contributed by atoms with Gasteiger partial charge in [-0.3, -0.25) is 0 Å². The van der Waals surface area contributed by atoms with Crippen LogP contribution in [0.4, 0.5) is 17.1 Å². The molecule has 2 aromatic heterocycles. The Morgan fingerprint density at radius 2 is 0.656 bits per heavy atom. The molecule has 2 heterocycles. The Balaban J connectivity index is 0.899. The number of hydrogen-bond donors (Lipinski definition) is 0. The maximum absolute atomic E-state index is 2.41. The molecule has 0 unspecified atom stereocenters. The van der Waals surface area contributed by atoms with Gasteiger partial charge in [-0.25, -0.2) is 0 Å². The van der Waals surface area contributed by atoms with Crippen LogP contribution in [0, 0.1) is 0 Å². The molecule has 0 bridgehead atoms. The van der Waals surface area contributed by atoms with Crippen LogP contribution in [0.5, 0.6) is 0 Å². The quantitative estimate of drug-likeness (QED) is 0.157. The Labute approximate surface area is 354 Å². The number of nitrogens with zero attached hydrogens (tertiary/aromatic N) is 3. The van der Waals surface area contributed by atoms with Crippen molar-refractivity contribution in [3.8, 4) is 33.6 Å². The van der Waals surface area contributed by atoms with E-state index in [1.54, 1.807) is 0 Å². The van der Waals surface area contributed by atoms with Gasteiger partial charge in [0.2, 0.25) is 0 Å². The lowest BCUT2D eigenvalue weighted by atomic mass is 10.0. The first kappa shape index (κ1) is 34.9. The molecule has 12 aromatic rings. The monoisotopic (exact) mass is 777 g/mol. The Morgan fingerprint density at radius 1 is 0.246 bits per heavy atom. The number of para-hydroxylation sites is 4. The molecule has 0 saturated carbocycles. The summed E-state index contributed by atoms with van der Waals surface area (Å²) in [5, 5.41) is 7.49. The number of aromatic nitrogens is 2. The number of benzene rings is 10. The van der Waals surface area contributed by atoms with E-state index in [2.05, 4.69) is 251 Å². The van der Waals surface area contributed by atoms with Crippen LogP contribution in [0.1, 0.15) is 0 Å². The van der Waals surface area contributed by atoms with Gasteiger partial charge in [-0.2, -0.15) is 0 Å². The summed E-state index contributed by atoms with van der Waals surface area (Å²) in [6.45, 7) is 0. The molecule has 0 amide bonds. The molecule has 0 radical (unpaired) electrons. The first-order chi connectivity index (χ1) is 30.2. The minimum Gasteiger partial charge on any atom is -0.311 e. The minimum absolute atomic E-state index is 1.12. The van der Waals surface area contributed by atoms with Gasteiger partial charge in [0.15, 0.2) is 0 Å². The highest BCUT2D eigenvalue weighted by Gasteiger charge is 2.17. The van der Waals surface area contributed by atoms with Crippen molar-refractivity contribution in [1.82, 2.24) is 9.13 Å². The number of anilines is 3. The van der Waals surface area contributed by atoms with E-state index < -0.39 is 0 Å². The molecule has 10 aromatic carbocycles. The molecule has 286 valence electrons. The standard InChI is InChI=1S/C58H39N3/c1-3-15-46(16-4-1)59(47-17-5-2-6-18-47)48-30-23-41(24-31-48)42-25-32-49(33-26-42)60-55-21-11-9-19-51(55)53-38-44(28-35-57(53)60)45-29-36-58-54(39-45)52-20-10-12-22-56(52)61(58)50-34-27-40-13-7-8-14-43(40)37-50/h1-39H. The van der Waals surface area contributed by atoms with Crippen molar-refractivity contribution in [2.24, 2.45) is 0 Å². The number of rotatable bonds is 7. The minimum atomic E-state index is 1.12. The fourth-order valence-corrected chi connectivity index (χ4v) is 9.38. The Bertz CT molecular complexity index is 3520. The molecular weight excluding hydrogens is 739 g/mol. The fraction of sp³-hybridized carbons (Fsp3) is 0. The third-order valence-corrected chi connectivity index (χ3v) is 12.3. The zero-order valence-electron chi connectivity index (χ0n) is 33.4. The first-order valence-corrected chi connectivity index (χ1v) is 20.9. The topological polar surface area (TPSA) is 13.1 Å². The normalized spacial score (nSPS) is 11.6. The summed E-state index contributed by atoms with van der Waals surface area (Å²) >= 11 is 0. The highest BCUT2D eigenvalue weighted by Crippen LogP contribution is 2.40. The summed E-state index contributed by atoms with van der Waals surface area (Å²) in [4.78, 5) is 2.30. The van der Waals surface area contributed by atoms with E-state index in [4.69, 9.17) is 0 Å². The largest absolute Gasteiger partial charge is 0.311 e. The van der Waals surface area contributed by atoms with Crippen molar-refractivity contribution in [3.63, 3.8) is 0 Å². The molecule has 0 spiro atoms. The summed E-state index contributed by atoms with van der Waals surface area (Å²) in [5.74, 6) is 0. The Morgan fingerprint density at radius 3 is 1.23 bits per heavy atom. The van der Waals surface area contributed by atoms with Gasteiger partial charge in [0.05, 0.1) is 22.1 Å². The summed E-state index contributed by atoms with van der Waals surface area (Å²) in [5.41, 5.74) is 15.3. The maximum atomic E-state index is 2.41. The van der Waals surface area contributed by atoms with Crippen molar-refractivity contribution in [3.05, 3.63) is 237 Å². The number of fused-ring (bicyclic) bond motifs is 7. The van der Waals surface area contributed by atoms with Crippen LogP contribution >= 0.6 is 0 Å². The number of hydrogen-bond acceptors (Lipinski definition) is 1. The SMILES string of the molecule is c1ccc(N(c2ccccc2)c2ccc(-c3ccc(-n4c5ccccc5c5cc(-c6ccc7c(c6)c6ccccc6n7-c6ccc7ccccc7c6)ccc54)cc3)cc2)cc1. The van der Waals surface area contributed by atoms with Gasteiger partial charge < -0.3 is 14.0 Å². The zero-order valence-corrected chi connectivity index (χ0v) is 33.4. The molecule has 12 rings (SSSR count). The summed E-state index contributed by atoms with van der Waals surface area (Å²) in [7, 11) is 0. The lowest BCUT2D eigenvalue weighted by Gasteiger charge is -2.25. The fourth-order valence-electron chi connectivity index (χ4n) is 9.38. The van der Waals surface area contributed by atoms with E-state index in [0.717, 1.165) is 22.7 Å². The zero-order chi connectivity index (χ0) is 40.3. The van der Waals surface area contributed by atoms with Crippen LogP contribution in [-0.2, 0) is 0 Å². The molecule has 0 aliphatic rings. The highest BCUT2D eigenvalue weighted by atomic mass is 15.1. The molecule has 3 heteroatoms. The van der Waals surface area contributed by atoms with Crippen molar-refractivity contribution in [2.75, 3.05) is 4.90 Å². The van der Waals surface area contributed by atoms with Crippen LogP contribution in [0.25, 0.3) is 88.0 Å². The highest BCUT2D eigenvalue weighted by molar-refractivity contribution is 6.13. The Kier molecular flexibility index (Phi) is 8.17. The Hall–Kier alpha value is -8.14. The molecule has 0 atom stereocenters. The third kappa shape index (κ3) is 5.90. The predicted octanol–water partition coefficient (Wildman–Crippen LogP) is 15.8. The van der Waals surface area contributed by atoms with E-state index >= 15 is 0 Å². The van der Waals surface area contributed by atoms with Gasteiger partial charge in [-0.1, -0.05) is 140 Å². The lowest BCUT2D eigenvalue weighted by Crippen LogP contribution is -2.09. The van der Waals surface area contributed by atoms with E-state index in [1.807, 2.05) is 0 Å². The molecule has 0 aliphatic carbocycles. The maximum Gasteiger partial charge on any atom is 0.0541 e. The third-order valence-electron chi connectivity index (χ3n) is 12.3. The first-order valence-electron chi connectivity index (χ1n) is 20.9. The summed E-state index contributed by atoms with van der Waals surface area (Å²) < 4.78 is 4.81. The van der Waals surface area contributed by atoms with Gasteiger partial charge in [0.25, 0.3) is 0 Å². The van der Waals surface area contributed by atoms with Crippen molar-refractivity contribution >= 4 is 71.4 Å². The predicted molar refractivity (Wildman–Crippen MR) is 258 cm³/mol. The molecule has 0 N–H and O–H groups in total. The van der Waals surface area contributed by atoms with Crippen molar-refractivity contribution < 1.29 is 0 Å². The second kappa shape index (κ2) is 14.3. The van der Waals surface area contributed by atoms with Crippen LogP contribution in [0.3, 0.4) is 0 Å². The molecule has 0 saturated heterocycles. The van der Waals surface area contributed by atoms with Crippen LogP contribution < -0.4 is 4.90 Å². The van der Waals surface area contributed by atoms with E-state index in [9.17, 15) is 0 Å². The second-order valence-corrected chi connectivity index (χ2v) is 15.8. The smallest absolute Gasteiger partial charge is 0.0541 e. The lowest BCUT2D eigenvalue weighted by molar-refractivity contribution is 1.18. The van der Waals surface area contributed by atoms with Crippen molar-refractivity contribution in [1.29, 1.82) is 0 Å². The van der Waals surface area contributed by atoms with Gasteiger partial charge in [0, 0.05) is 50.0 Å². The van der Waals surface area contributed by atoms with Gasteiger partial charge >= 0.3 is 0 Å². The molecular formula is C58H39N3. The molecule has 0 fully saturated rings. The van der Waals surface area contributed by atoms with Crippen LogP contribution in [-0.4, -0.2) is 9.13 Å². The van der Waals surface area contributed by atoms with Crippen LogP contribution in [0.2, 0.25) is 0 Å². The van der Waals surface area contributed by atoms with Gasteiger partial charge in [-0.05, 0) is 130 Å². The van der Waals surface area contributed by atoms with E-state index in [-0.39, 0.29) is 0 Å². The van der Waals surface area contributed by atoms with E-state index in [0.29, 0.717) is 0 Å². The molecule has 61 heavy (non-hydrogen) atoms.